The molecule has 1 N–H and O–H groups in total. The van der Waals surface area contributed by atoms with E-state index < -0.39 is 6.10 Å². The molecule has 1 amide bonds. The highest BCUT2D eigenvalue weighted by Crippen LogP contribution is 2.44. The van der Waals surface area contributed by atoms with E-state index >= 15 is 0 Å². The fourth-order valence-electron chi connectivity index (χ4n) is 4.69. The average Bonchev–Trinajstić information content (AvgIpc) is 3.39. The molecule has 5 nitrogen and oxygen atoms in total. The van der Waals surface area contributed by atoms with Crippen LogP contribution in [0, 0.1) is 0 Å². The van der Waals surface area contributed by atoms with Gasteiger partial charge in [-0.1, -0.05) is 37.1 Å². The molecule has 0 unspecified atom stereocenters. The third kappa shape index (κ3) is 3.09. The summed E-state index contributed by atoms with van der Waals surface area (Å²) in [5.41, 5.74) is 2.28. The van der Waals surface area contributed by atoms with Gasteiger partial charge in [-0.15, -0.1) is 0 Å². The monoisotopic (exact) mass is 379 g/mol. The van der Waals surface area contributed by atoms with E-state index in [0.29, 0.717) is 26.2 Å². The van der Waals surface area contributed by atoms with E-state index in [1.54, 1.807) is 0 Å². The predicted octanol–water partition coefficient (Wildman–Crippen LogP) is 3.39. The van der Waals surface area contributed by atoms with E-state index in [0.717, 1.165) is 35.7 Å². The van der Waals surface area contributed by atoms with Crippen molar-refractivity contribution in [1.82, 2.24) is 5.32 Å². The van der Waals surface area contributed by atoms with Crippen LogP contribution >= 0.6 is 0 Å². The van der Waals surface area contributed by atoms with E-state index in [1.165, 1.54) is 18.4 Å². The summed E-state index contributed by atoms with van der Waals surface area (Å²) >= 11 is 0. The van der Waals surface area contributed by atoms with E-state index in [-0.39, 0.29) is 11.3 Å². The Morgan fingerprint density at radius 2 is 1.79 bits per heavy atom. The van der Waals surface area contributed by atoms with Crippen LogP contribution in [0.2, 0.25) is 0 Å². The zero-order valence-electron chi connectivity index (χ0n) is 15.9. The van der Waals surface area contributed by atoms with Crippen LogP contribution in [0.25, 0.3) is 0 Å². The molecule has 5 heteroatoms. The zero-order chi connectivity index (χ0) is 19.0. The SMILES string of the molecule is O=C(NCC1(c2ccc3c(c2)OCCO3)CCCC1)[C@H]1Cc2ccccc2O1. The van der Waals surface area contributed by atoms with Gasteiger partial charge in [-0.2, -0.15) is 0 Å². The molecule has 5 rings (SSSR count). The van der Waals surface area contributed by atoms with Crippen LogP contribution in [0.5, 0.6) is 17.2 Å². The smallest absolute Gasteiger partial charge is 0.261 e. The number of para-hydroxylation sites is 1. The van der Waals surface area contributed by atoms with Crippen molar-refractivity contribution in [3.8, 4) is 17.2 Å². The maximum atomic E-state index is 12.8. The summed E-state index contributed by atoms with van der Waals surface area (Å²) < 4.78 is 17.3. The molecule has 0 saturated heterocycles. The van der Waals surface area contributed by atoms with Crippen LogP contribution in [-0.2, 0) is 16.6 Å². The van der Waals surface area contributed by atoms with Crippen molar-refractivity contribution in [3.63, 3.8) is 0 Å². The molecule has 2 aliphatic heterocycles. The Labute approximate surface area is 165 Å². The molecule has 2 aromatic rings. The lowest BCUT2D eigenvalue weighted by molar-refractivity contribution is -0.127. The average molecular weight is 379 g/mol. The molecular weight excluding hydrogens is 354 g/mol. The third-order valence-electron chi connectivity index (χ3n) is 6.26. The van der Waals surface area contributed by atoms with Crippen molar-refractivity contribution in [2.75, 3.05) is 19.8 Å². The van der Waals surface area contributed by atoms with Crippen LogP contribution in [0.1, 0.15) is 36.8 Å². The summed E-state index contributed by atoms with van der Waals surface area (Å²) in [6.07, 6.45) is 4.69. The van der Waals surface area contributed by atoms with Crippen LogP contribution in [0.3, 0.4) is 0 Å². The zero-order valence-corrected chi connectivity index (χ0v) is 15.9. The molecule has 146 valence electrons. The topological polar surface area (TPSA) is 56.8 Å². The number of hydrogen-bond donors (Lipinski definition) is 1. The van der Waals surface area contributed by atoms with Crippen LogP contribution in [0.15, 0.2) is 42.5 Å². The lowest BCUT2D eigenvalue weighted by Crippen LogP contribution is -2.44. The van der Waals surface area contributed by atoms with Crippen molar-refractivity contribution < 1.29 is 19.0 Å². The second-order valence-electron chi connectivity index (χ2n) is 7.98. The van der Waals surface area contributed by atoms with Gasteiger partial charge in [0.25, 0.3) is 5.91 Å². The Morgan fingerprint density at radius 1 is 1.00 bits per heavy atom. The standard InChI is InChI=1S/C23H25NO4/c25-22(21-13-16-5-1-2-6-18(16)28-21)24-15-23(9-3-4-10-23)17-7-8-19-20(14-17)27-12-11-26-19/h1-2,5-8,14,21H,3-4,9-13,15H2,(H,24,25)/t21-/m1/s1. The minimum absolute atomic E-state index is 0.0278. The van der Waals surface area contributed by atoms with Gasteiger partial charge in [0.05, 0.1) is 0 Å². The summed E-state index contributed by atoms with van der Waals surface area (Å²) in [4.78, 5) is 12.8. The molecular formula is C23H25NO4. The molecule has 1 atom stereocenters. The van der Waals surface area contributed by atoms with Gasteiger partial charge < -0.3 is 19.5 Å². The highest BCUT2D eigenvalue weighted by Gasteiger charge is 2.38. The third-order valence-corrected chi connectivity index (χ3v) is 6.26. The largest absolute Gasteiger partial charge is 0.486 e. The minimum atomic E-state index is -0.434. The normalized spacial score (nSPS) is 21.6. The van der Waals surface area contributed by atoms with Crippen molar-refractivity contribution in [2.45, 2.75) is 43.6 Å². The number of nitrogens with one attached hydrogen (secondary N) is 1. The van der Waals surface area contributed by atoms with Gasteiger partial charge in [0.15, 0.2) is 17.6 Å². The van der Waals surface area contributed by atoms with Crippen LogP contribution < -0.4 is 19.5 Å². The first-order valence-electron chi connectivity index (χ1n) is 10.2. The Kier molecular flexibility index (Phi) is 4.38. The molecule has 2 heterocycles. The van der Waals surface area contributed by atoms with Crippen molar-refractivity contribution in [1.29, 1.82) is 0 Å². The summed E-state index contributed by atoms with van der Waals surface area (Å²) in [6.45, 7) is 1.80. The Morgan fingerprint density at radius 3 is 2.61 bits per heavy atom. The Hall–Kier alpha value is -2.69. The van der Waals surface area contributed by atoms with Crippen LogP contribution in [0.4, 0.5) is 0 Å². The number of carbonyl (C=O) groups is 1. The molecule has 0 aromatic heterocycles. The first-order valence-corrected chi connectivity index (χ1v) is 10.2. The van der Waals surface area contributed by atoms with Gasteiger partial charge in [0, 0.05) is 18.4 Å². The van der Waals surface area contributed by atoms with E-state index in [2.05, 4.69) is 17.4 Å². The number of carbonyl (C=O) groups excluding carboxylic acids is 1. The molecule has 0 radical (unpaired) electrons. The highest BCUT2D eigenvalue weighted by atomic mass is 16.6. The molecule has 0 bridgehead atoms. The van der Waals surface area contributed by atoms with E-state index in [9.17, 15) is 4.79 Å². The maximum absolute atomic E-state index is 12.8. The minimum Gasteiger partial charge on any atom is -0.486 e. The number of hydrogen-bond acceptors (Lipinski definition) is 4. The summed E-state index contributed by atoms with van der Waals surface area (Å²) in [5.74, 6) is 2.42. The van der Waals surface area contributed by atoms with Gasteiger partial charge >= 0.3 is 0 Å². The predicted molar refractivity (Wildman–Crippen MR) is 105 cm³/mol. The first-order chi connectivity index (χ1) is 13.7. The number of rotatable bonds is 4. The summed E-state index contributed by atoms with van der Waals surface area (Å²) in [7, 11) is 0. The van der Waals surface area contributed by atoms with Crippen molar-refractivity contribution >= 4 is 5.91 Å². The Balaban J connectivity index is 1.30. The Bertz CT molecular complexity index is 863. The second kappa shape index (κ2) is 7.04. The number of ether oxygens (including phenoxy) is 3. The molecule has 1 saturated carbocycles. The molecule has 1 fully saturated rings. The molecule has 2 aromatic carbocycles. The molecule has 28 heavy (non-hydrogen) atoms. The molecule has 3 aliphatic rings. The lowest BCUT2D eigenvalue weighted by Gasteiger charge is -2.31. The van der Waals surface area contributed by atoms with Gasteiger partial charge in [-0.3, -0.25) is 4.79 Å². The molecule has 1 aliphatic carbocycles. The fourth-order valence-corrected chi connectivity index (χ4v) is 4.69. The quantitative estimate of drug-likeness (QED) is 0.885. The van der Waals surface area contributed by atoms with E-state index in [1.807, 2.05) is 30.3 Å². The number of benzene rings is 2. The summed E-state index contributed by atoms with van der Waals surface area (Å²) in [5, 5.41) is 3.18. The fraction of sp³-hybridized carbons (Fsp3) is 0.435. The number of fused-ring (bicyclic) bond motifs is 2. The van der Waals surface area contributed by atoms with Crippen LogP contribution in [-0.4, -0.2) is 31.8 Å². The van der Waals surface area contributed by atoms with Crippen molar-refractivity contribution in [2.24, 2.45) is 0 Å². The molecule has 0 spiro atoms. The summed E-state index contributed by atoms with van der Waals surface area (Å²) in [6, 6.07) is 14.1. The number of amides is 1. The maximum Gasteiger partial charge on any atom is 0.261 e. The van der Waals surface area contributed by atoms with Gasteiger partial charge in [-0.05, 0) is 42.2 Å². The lowest BCUT2D eigenvalue weighted by atomic mass is 9.78. The highest BCUT2D eigenvalue weighted by molar-refractivity contribution is 5.82. The van der Waals surface area contributed by atoms with Gasteiger partial charge in [0.1, 0.15) is 19.0 Å². The van der Waals surface area contributed by atoms with E-state index in [4.69, 9.17) is 14.2 Å². The second-order valence-corrected chi connectivity index (χ2v) is 7.98. The first kappa shape index (κ1) is 17.4. The van der Waals surface area contributed by atoms with Gasteiger partial charge in [0.2, 0.25) is 0 Å². The van der Waals surface area contributed by atoms with Crippen molar-refractivity contribution in [3.05, 3.63) is 53.6 Å². The van der Waals surface area contributed by atoms with Gasteiger partial charge in [-0.25, -0.2) is 0 Å².